The third-order valence-electron chi connectivity index (χ3n) is 3.17. The minimum Gasteiger partial charge on any atom is -0.497 e. The minimum atomic E-state index is 0.710. The summed E-state index contributed by atoms with van der Waals surface area (Å²) in [5.41, 5.74) is 2.98. The average molecular weight is 273 g/mol. The van der Waals surface area contributed by atoms with Gasteiger partial charge >= 0.3 is 0 Å². The molecule has 0 aliphatic carbocycles. The molecule has 0 amide bonds. The third kappa shape index (κ3) is 2.06. The molecule has 0 spiro atoms. The van der Waals surface area contributed by atoms with E-state index in [1.165, 1.54) is 0 Å². The molecule has 96 valence electrons. The van der Waals surface area contributed by atoms with Crippen LogP contribution in [0.15, 0.2) is 42.5 Å². The summed E-state index contributed by atoms with van der Waals surface area (Å²) in [5, 5.41) is 0.710. The lowest BCUT2D eigenvalue weighted by Crippen LogP contribution is -1.92. The number of aryl methyl sites for hydroxylation is 1. The number of imidazole rings is 1. The normalized spacial score (nSPS) is 10.9. The largest absolute Gasteiger partial charge is 0.497 e. The van der Waals surface area contributed by atoms with Gasteiger partial charge in [0.2, 0.25) is 0 Å². The molecule has 3 aromatic rings. The molecule has 0 unspecified atom stereocenters. The van der Waals surface area contributed by atoms with Crippen LogP contribution < -0.4 is 4.74 Å². The highest BCUT2D eigenvalue weighted by Gasteiger charge is 2.10. The van der Waals surface area contributed by atoms with Crippen molar-refractivity contribution in [1.82, 2.24) is 9.55 Å². The molecular formula is C15H13ClN2O. The van der Waals surface area contributed by atoms with E-state index in [1.54, 1.807) is 7.11 Å². The number of methoxy groups -OCH3 is 1. The first kappa shape index (κ1) is 12.1. The van der Waals surface area contributed by atoms with Gasteiger partial charge in [-0.05, 0) is 24.3 Å². The molecule has 0 aliphatic rings. The highest BCUT2D eigenvalue weighted by atomic mass is 35.5. The second-order valence-corrected chi connectivity index (χ2v) is 4.80. The van der Waals surface area contributed by atoms with Gasteiger partial charge in [-0.25, -0.2) is 4.98 Å². The number of benzene rings is 2. The molecule has 1 heterocycles. The van der Waals surface area contributed by atoms with Crippen LogP contribution in [0.25, 0.3) is 22.4 Å². The molecular weight excluding hydrogens is 260 g/mol. The van der Waals surface area contributed by atoms with Gasteiger partial charge in [0.05, 0.1) is 18.1 Å². The summed E-state index contributed by atoms with van der Waals surface area (Å²) < 4.78 is 7.28. The Bertz CT molecular complexity index is 749. The van der Waals surface area contributed by atoms with Gasteiger partial charge in [-0.15, -0.1) is 0 Å². The van der Waals surface area contributed by atoms with E-state index in [0.717, 1.165) is 28.2 Å². The van der Waals surface area contributed by atoms with Crippen LogP contribution in [0.4, 0.5) is 0 Å². The summed E-state index contributed by atoms with van der Waals surface area (Å²) in [7, 11) is 3.65. The van der Waals surface area contributed by atoms with E-state index in [2.05, 4.69) is 9.55 Å². The van der Waals surface area contributed by atoms with E-state index in [0.29, 0.717) is 5.02 Å². The van der Waals surface area contributed by atoms with E-state index in [-0.39, 0.29) is 0 Å². The first-order valence-corrected chi connectivity index (χ1v) is 6.33. The molecule has 3 rings (SSSR count). The Morgan fingerprint density at radius 3 is 2.74 bits per heavy atom. The topological polar surface area (TPSA) is 27.1 Å². The van der Waals surface area contributed by atoms with Gasteiger partial charge in [-0.3, -0.25) is 0 Å². The Hall–Kier alpha value is -2.00. The number of rotatable bonds is 2. The quantitative estimate of drug-likeness (QED) is 0.707. The van der Waals surface area contributed by atoms with Gasteiger partial charge in [0.15, 0.2) is 0 Å². The van der Waals surface area contributed by atoms with Crippen LogP contribution in [0, 0.1) is 0 Å². The predicted molar refractivity (Wildman–Crippen MR) is 77.7 cm³/mol. The van der Waals surface area contributed by atoms with Gasteiger partial charge in [0.1, 0.15) is 11.6 Å². The van der Waals surface area contributed by atoms with Crippen LogP contribution in [-0.4, -0.2) is 16.7 Å². The van der Waals surface area contributed by atoms with E-state index in [9.17, 15) is 0 Å². The molecule has 0 aliphatic heterocycles. The number of halogens is 1. The molecule has 3 nitrogen and oxygen atoms in total. The standard InChI is InChI=1S/C15H13ClN2O/c1-18-14-7-6-12(19-2)9-13(14)17-15(18)10-4-3-5-11(16)8-10/h3-9H,1-2H3. The molecule has 0 N–H and O–H groups in total. The maximum atomic E-state index is 6.04. The van der Waals surface area contributed by atoms with Crippen molar-refractivity contribution in [3.05, 3.63) is 47.5 Å². The lowest BCUT2D eigenvalue weighted by atomic mass is 10.2. The maximum absolute atomic E-state index is 6.04. The van der Waals surface area contributed by atoms with Gasteiger partial charge in [-0.1, -0.05) is 23.7 Å². The Labute approximate surface area is 116 Å². The fourth-order valence-electron chi connectivity index (χ4n) is 2.19. The van der Waals surface area contributed by atoms with Gasteiger partial charge < -0.3 is 9.30 Å². The van der Waals surface area contributed by atoms with Gasteiger partial charge in [0, 0.05) is 23.7 Å². The number of aromatic nitrogens is 2. The zero-order valence-corrected chi connectivity index (χ0v) is 11.5. The zero-order chi connectivity index (χ0) is 13.4. The highest BCUT2D eigenvalue weighted by molar-refractivity contribution is 6.30. The van der Waals surface area contributed by atoms with Crippen molar-refractivity contribution in [2.24, 2.45) is 7.05 Å². The number of hydrogen-bond acceptors (Lipinski definition) is 2. The van der Waals surface area contributed by atoms with Crippen LogP contribution in [0.2, 0.25) is 5.02 Å². The SMILES string of the molecule is COc1ccc2c(c1)nc(-c1cccc(Cl)c1)n2C. The van der Waals surface area contributed by atoms with Crippen LogP contribution in [0.5, 0.6) is 5.75 Å². The van der Waals surface area contributed by atoms with E-state index in [4.69, 9.17) is 16.3 Å². The molecule has 1 aromatic heterocycles. The van der Waals surface area contributed by atoms with E-state index < -0.39 is 0 Å². The molecule has 0 radical (unpaired) electrons. The zero-order valence-electron chi connectivity index (χ0n) is 10.7. The van der Waals surface area contributed by atoms with Crippen molar-refractivity contribution in [3.8, 4) is 17.1 Å². The second kappa shape index (κ2) is 4.59. The summed E-state index contributed by atoms with van der Waals surface area (Å²) in [6.45, 7) is 0. The van der Waals surface area contributed by atoms with Crippen molar-refractivity contribution < 1.29 is 4.74 Å². The molecule has 0 bridgehead atoms. The first-order chi connectivity index (χ1) is 9.19. The summed E-state index contributed by atoms with van der Waals surface area (Å²) in [6.07, 6.45) is 0. The Morgan fingerprint density at radius 2 is 2.00 bits per heavy atom. The Morgan fingerprint density at radius 1 is 1.16 bits per heavy atom. The summed E-state index contributed by atoms with van der Waals surface area (Å²) >= 11 is 6.04. The molecule has 0 saturated heterocycles. The lowest BCUT2D eigenvalue weighted by molar-refractivity contribution is 0.415. The molecule has 4 heteroatoms. The Balaban J connectivity index is 2.22. The molecule has 0 fully saturated rings. The third-order valence-corrected chi connectivity index (χ3v) is 3.41. The smallest absolute Gasteiger partial charge is 0.140 e. The minimum absolute atomic E-state index is 0.710. The van der Waals surface area contributed by atoms with Crippen LogP contribution >= 0.6 is 11.6 Å². The van der Waals surface area contributed by atoms with Crippen LogP contribution in [-0.2, 0) is 7.05 Å². The number of ether oxygens (including phenoxy) is 1. The number of fused-ring (bicyclic) bond motifs is 1. The van der Waals surface area contributed by atoms with Crippen LogP contribution in [0.1, 0.15) is 0 Å². The molecule has 0 atom stereocenters. The number of nitrogens with zero attached hydrogens (tertiary/aromatic N) is 2. The lowest BCUT2D eigenvalue weighted by Gasteiger charge is -2.03. The van der Waals surface area contributed by atoms with Crippen molar-refractivity contribution in [3.63, 3.8) is 0 Å². The van der Waals surface area contributed by atoms with Crippen molar-refractivity contribution in [2.75, 3.05) is 7.11 Å². The monoisotopic (exact) mass is 272 g/mol. The summed E-state index contributed by atoms with van der Waals surface area (Å²) in [6, 6.07) is 13.6. The van der Waals surface area contributed by atoms with Gasteiger partial charge in [-0.2, -0.15) is 0 Å². The molecule has 2 aromatic carbocycles. The Kier molecular flexibility index (Phi) is 2.91. The van der Waals surface area contributed by atoms with Crippen molar-refractivity contribution in [2.45, 2.75) is 0 Å². The average Bonchev–Trinajstić information content (AvgIpc) is 2.75. The molecule has 0 saturated carbocycles. The second-order valence-electron chi connectivity index (χ2n) is 4.36. The fourth-order valence-corrected chi connectivity index (χ4v) is 2.38. The van der Waals surface area contributed by atoms with Gasteiger partial charge in [0.25, 0.3) is 0 Å². The first-order valence-electron chi connectivity index (χ1n) is 5.95. The molecule has 19 heavy (non-hydrogen) atoms. The van der Waals surface area contributed by atoms with Crippen LogP contribution in [0.3, 0.4) is 0 Å². The van der Waals surface area contributed by atoms with E-state index in [1.807, 2.05) is 49.5 Å². The summed E-state index contributed by atoms with van der Waals surface area (Å²) in [4.78, 5) is 4.66. The highest BCUT2D eigenvalue weighted by Crippen LogP contribution is 2.27. The fraction of sp³-hybridized carbons (Fsp3) is 0.133. The number of hydrogen-bond donors (Lipinski definition) is 0. The van der Waals surface area contributed by atoms with Crippen molar-refractivity contribution in [1.29, 1.82) is 0 Å². The van der Waals surface area contributed by atoms with Crippen molar-refractivity contribution >= 4 is 22.6 Å². The predicted octanol–water partition coefficient (Wildman–Crippen LogP) is 3.90. The summed E-state index contributed by atoms with van der Waals surface area (Å²) in [5.74, 6) is 1.70. The maximum Gasteiger partial charge on any atom is 0.140 e. The van der Waals surface area contributed by atoms with E-state index >= 15 is 0 Å².